The van der Waals surface area contributed by atoms with Gasteiger partial charge in [0, 0.05) is 18.2 Å². The van der Waals surface area contributed by atoms with Gasteiger partial charge in [-0.15, -0.1) is 0 Å². The summed E-state index contributed by atoms with van der Waals surface area (Å²) >= 11 is 0. The maximum Gasteiger partial charge on any atom is 0.256 e. The molecule has 6 heteroatoms. The van der Waals surface area contributed by atoms with Crippen molar-refractivity contribution in [2.24, 2.45) is 0 Å². The van der Waals surface area contributed by atoms with Crippen molar-refractivity contribution < 1.29 is 14.4 Å². The van der Waals surface area contributed by atoms with Crippen LogP contribution in [0, 0.1) is 0 Å². The zero-order chi connectivity index (χ0) is 17.4. The third-order valence-corrected chi connectivity index (χ3v) is 4.65. The lowest BCUT2D eigenvalue weighted by Crippen LogP contribution is -2.41. The topological polar surface area (TPSA) is 78.5 Å². The summed E-state index contributed by atoms with van der Waals surface area (Å²) in [4.78, 5) is 39.1. The lowest BCUT2D eigenvalue weighted by molar-refractivity contribution is -0.119. The van der Waals surface area contributed by atoms with Crippen molar-refractivity contribution in [1.82, 2.24) is 10.2 Å². The van der Waals surface area contributed by atoms with Crippen LogP contribution in [0.1, 0.15) is 27.1 Å². The molecule has 0 unspecified atom stereocenters. The average molecular weight is 335 g/mol. The normalized spacial score (nSPS) is 21.8. The van der Waals surface area contributed by atoms with Gasteiger partial charge in [-0.3, -0.25) is 14.4 Å². The maximum absolute atomic E-state index is 12.8. The van der Waals surface area contributed by atoms with Gasteiger partial charge in [0.15, 0.2) is 0 Å². The maximum atomic E-state index is 12.8. The summed E-state index contributed by atoms with van der Waals surface area (Å²) in [6, 6.07) is 15.1. The second-order valence-electron chi connectivity index (χ2n) is 6.28. The molecule has 0 saturated carbocycles. The summed E-state index contributed by atoms with van der Waals surface area (Å²) in [6.45, 7) is 0.323. The van der Waals surface area contributed by atoms with Crippen LogP contribution in [0.4, 0.5) is 5.69 Å². The molecule has 2 aromatic carbocycles. The number of carbonyl (C=O) groups excluding carboxylic acids is 3. The highest BCUT2D eigenvalue weighted by molar-refractivity contribution is 6.10. The van der Waals surface area contributed by atoms with Gasteiger partial charge < -0.3 is 15.5 Å². The van der Waals surface area contributed by atoms with Crippen LogP contribution in [-0.4, -0.2) is 41.2 Å². The van der Waals surface area contributed by atoms with E-state index in [2.05, 4.69) is 10.6 Å². The second kappa shape index (κ2) is 6.05. The lowest BCUT2D eigenvalue weighted by Gasteiger charge is -2.20. The van der Waals surface area contributed by atoms with Crippen molar-refractivity contribution in [3.63, 3.8) is 0 Å². The number of hydrogen-bond donors (Lipinski definition) is 2. The van der Waals surface area contributed by atoms with Gasteiger partial charge in [-0.1, -0.05) is 30.3 Å². The van der Waals surface area contributed by atoms with Crippen LogP contribution in [0.2, 0.25) is 0 Å². The Morgan fingerprint density at radius 2 is 1.76 bits per heavy atom. The van der Waals surface area contributed by atoms with E-state index in [1.807, 2.05) is 6.07 Å². The Hall–Kier alpha value is -3.15. The minimum Gasteiger partial charge on any atom is -0.347 e. The first kappa shape index (κ1) is 15.4. The fourth-order valence-corrected chi connectivity index (χ4v) is 3.42. The average Bonchev–Trinajstić information content (AvgIpc) is 3.02. The monoisotopic (exact) mass is 335 g/mol. The van der Waals surface area contributed by atoms with E-state index in [-0.39, 0.29) is 23.8 Å². The van der Waals surface area contributed by atoms with E-state index < -0.39 is 6.04 Å². The van der Waals surface area contributed by atoms with E-state index in [4.69, 9.17) is 0 Å². The second-order valence-corrected chi connectivity index (χ2v) is 6.28. The van der Waals surface area contributed by atoms with Crippen LogP contribution in [0.15, 0.2) is 54.6 Å². The largest absolute Gasteiger partial charge is 0.347 e. The highest BCUT2D eigenvalue weighted by Crippen LogP contribution is 2.28. The molecule has 2 aromatic rings. The third kappa shape index (κ3) is 2.76. The molecule has 2 aliphatic heterocycles. The highest BCUT2D eigenvalue weighted by atomic mass is 16.2. The fraction of sp³-hybridized carbons (Fsp3) is 0.211. The first-order valence-corrected chi connectivity index (χ1v) is 8.20. The predicted molar refractivity (Wildman–Crippen MR) is 92.2 cm³/mol. The van der Waals surface area contributed by atoms with Crippen molar-refractivity contribution in [2.45, 2.75) is 18.5 Å². The minimum atomic E-state index is -0.569. The van der Waals surface area contributed by atoms with Crippen molar-refractivity contribution >= 4 is 23.4 Å². The van der Waals surface area contributed by atoms with Crippen molar-refractivity contribution in [3.05, 3.63) is 65.7 Å². The number of hydrogen-bond acceptors (Lipinski definition) is 3. The number of fused-ring (bicyclic) bond motifs is 2. The van der Waals surface area contributed by atoms with Crippen molar-refractivity contribution in [1.29, 1.82) is 0 Å². The van der Waals surface area contributed by atoms with Gasteiger partial charge in [-0.2, -0.15) is 0 Å². The molecule has 2 heterocycles. The molecule has 25 heavy (non-hydrogen) atoms. The quantitative estimate of drug-likeness (QED) is 0.876. The predicted octanol–water partition coefficient (Wildman–Crippen LogP) is 1.65. The zero-order valence-corrected chi connectivity index (χ0v) is 13.4. The highest BCUT2D eigenvalue weighted by Gasteiger charge is 2.43. The Balaban J connectivity index is 1.54. The van der Waals surface area contributed by atoms with E-state index in [0.717, 1.165) is 0 Å². The van der Waals surface area contributed by atoms with E-state index in [0.29, 0.717) is 29.8 Å². The third-order valence-electron chi connectivity index (χ3n) is 4.65. The molecular formula is C19H17N3O3. The van der Waals surface area contributed by atoms with Crippen molar-refractivity contribution in [3.8, 4) is 0 Å². The van der Waals surface area contributed by atoms with Gasteiger partial charge in [-0.05, 0) is 30.7 Å². The van der Waals surface area contributed by atoms with Gasteiger partial charge in [0.05, 0.1) is 11.3 Å². The summed E-state index contributed by atoms with van der Waals surface area (Å²) < 4.78 is 0. The van der Waals surface area contributed by atoms with Crippen LogP contribution in [0.5, 0.6) is 0 Å². The minimum absolute atomic E-state index is 0.185. The van der Waals surface area contributed by atoms with Gasteiger partial charge >= 0.3 is 0 Å². The summed E-state index contributed by atoms with van der Waals surface area (Å²) in [5, 5.41) is 5.74. The van der Waals surface area contributed by atoms with E-state index in [1.165, 1.54) is 0 Å². The first-order valence-electron chi connectivity index (χ1n) is 8.20. The molecule has 0 bridgehead atoms. The molecule has 1 saturated heterocycles. The molecule has 4 rings (SSSR count). The lowest BCUT2D eigenvalue weighted by atomic mass is 10.1. The van der Waals surface area contributed by atoms with Crippen LogP contribution in [0.3, 0.4) is 0 Å². The Bertz CT molecular complexity index is 850. The number of anilines is 1. The van der Waals surface area contributed by atoms with Gasteiger partial charge in [-0.25, -0.2) is 0 Å². The molecule has 2 N–H and O–H groups in total. The number of para-hydroxylation sites is 1. The summed E-state index contributed by atoms with van der Waals surface area (Å²) in [7, 11) is 0. The molecule has 3 amide bonds. The molecule has 2 aliphatic rings. The zero-order valence-electron chi connectivity index (χ0n) is 13.4. The molecule has 0 aliphatic carbocycles. The Morgan fingerprint density at radius 1 is 1.04 bits per heavy atom. The SMILES string of the molecule is O=C(N[C@H]1C[C@H]2C(=O)Nc3ccccc3C(=O)N2C1)c1ccccc1. The first-order chi connectivity index (χ1) is 12.1. The number of carbonyl (C=O) groups is 3. The van der Waals surface area contributed by atoms with Gasteiger partial charge in [0.1, 0.15) is 6.04 Å². The van der Waals surface area contributed by atoms with Gasteiger partial charge in [0.25, 0.3) is 11.8 Å². The molecule has 126 valence electrons. The van der Waals surface area contributed by atoms with E-state index in [9.17, 15) is 14.4 Å². The molecule has 0 aromatic heterocycles. The number of rotatable bonds is 2. The number of amides is 3. The van der Waals surface area contributed by atoms with Crippen LogP contribution in [-0.2, 0) is 4.79 Å². The van der Waals surface area contributed by atoms with Crippen LogP contribution in [0.25, 0.3) is 0 Å². The van der Waals surface area contributed by atoms with Crippen LogP contribution < -0.4 is 10.6 Å². The number of benzene rings is 2. The Labute approximate surface area is 144 Å². The molecule has 6 nitrogen and oxygen atoms in total. The van der Waals surface area contributed by atoms with Crippen LogP contribution >= 0.6 is 0 Å². The standard InChI is InChI=1S/C19H17N3O3/c23-17(12-6-2-1-3-7-12)20-13-10-16-18(24)21-15-9-5-4-8-14(15)19(25)22(16)11-13/h1-9,13,16H,10-11H2,(H,20,23)(H,21,24)/t13-,16-/m0/s1. The summed E-state index contributed by atoms with van der Waals surface area (Å²) in [6.07, 6.45) is 0.407. The Morgan fingerprint density at radius 3 is 2.56 bits per heavy atom. The number of nitrogens with zero attached hydrogens (tertiary/aromatic N) is 1. The Kier molecular flexibility index (Phi) is 3.72. The molecule has 0 radical (unpaired) electrons. The summed E-state index contributed by atoms with van der Waals surface area (Å²) in [5.74, 6) is -0.596. The number of nitrogens with one attached hydrogen (secondary N) is 2. The molecule has 1 fully saturated rings. The van der Waals surface area contributed by atoms with Crippen molar-refractivity contribution in [2.75, 3.05) is 11.9 Å². The van der Waals surface area contributed by atoms with E-state index >= 15 is 0 Å². The molecule has 2 atom stereocenters. The molecule has 0 spiro atoms. The summed E-state index contributed by atoms with van der Waals surface area (Å²) in [5.41, 5.74) is 1.58. The van der Waals surface area contributed by atoms with Gasteiger partial charge in [0.2, 0.25) is 5.91 Å². The van der Waals surface area contributed by atoms with E-state index in [1.54, 1.807) is 53.4 Å². The smallest absolute Gasteiger partial charge is 0.256 e. The fourth-order valence-electron chi connectivity index (χ4n) is 3.42. The molecular weight excluding hydrogens is 318 g/mol.